The average Bonchev–Trinajstić information content (AvgIpc) is 2.05. The summed E-state index contributed by atoms with van der Waals surface area (Å²) in [5.41, 5.74) is 6.71. The Balaban J connectivity index is 3.10. The lowest BCUT2D eigenvalue weighted by molar-refractivity contribution is 0.463. The van der Waals surface area contributed by atoms with E-state index in [4.69, 9.17) is 17.3 Å². The van der Waals surface area contributed by atoms with Crippen LogP contribution in [-0.4, -0.2) is 5.11 Å². The standard InChI is InChI=1S/C8H9ClNO/c9-4-6-2-1-3-7(5-10)8(6)11/h2-3,11H,4-5,10H2. The van der Waals surface area contributed by atoms with Crippen molar-refractivity contribution in [1.82, 2.24) is 0 Å². The van der Waals surface area contributed by atoms with Crippen molar-refractivity contribution >= 4 is 11.6 Å². The van der Waals surface area contributed by atoms with E-state index in [9.17, 15) is 5.11 Å². The molecule has 0 bridgehead atoms. The van der Waals surface area contributed by atoms with Crippen molar-refractivity contribution in [3.05, 3.63) is 29.3 Å². The van der Waals surface area contributed by atoms with Crippen molar-refractivity contribution in [3.63, 3.8) is 0 Å². The van der Waals surface area contributed by atoms with Crippen LogP contribution in [0.4, 0.5) is 0 Å². The van der Waals surface area contributed by atoms with Gasteiger partial charge in [0.25, 0.3) is 0 Å². The Morgan fingerprint density at radius 3 is 2.64 bits per heavy atom. The van der Waals surface area contributed by atoms with Crippen LogP contribution in [0.15, 0.2) is 12.1 Å². The van der Waals surface area contributed by atoms with Gasteiger partial charge in [-0.05, 0) is 18.2 Å². The van der Waals surface area contributed by atoms with E-state index < -0.39 is 0 Å². The molecule has 2 nitrogen and oxygen atoms in total. The molecule has 1 aromatic carbocycles. The van der Waals surface area contributed by atoms with Gasteiger partial charge in [0.05, 0.1) is 5.88 Å². The molecule has 0 heterocycles. The normalized spacial score (nSPS) is 10.0. The van der Waals surface area contributed by atoms with E-state index in [-0.39, 0.29) is 11.6 Å². The van der Waals surface area contributed by atoms with E-state index in [1.165, 1.54) is 0 Å². The molecule has 11 heavy (non-hydrogen) atoms. The number of rotatable bonds is 2. The molecule has 0 unspecified atom stereocenters. The fourth-order valence-electron chi connectivity index (χ4n) is 0.843. The molecule has 1 aromatic rings. The number of hydrogen-bond acceptors (Lipinski definition) is 2. The first-order valence-electron chi connectivity index (χ1n) is 3.26. The lowest BCUT2D eigenvalue weighted by atomic mass is 10.1. The Bertz CT molecular complexity index is 228. The minimum Gasteiger partial charge on any atom is -0.507 e. The zero-order valence-corrected chi connectivity index (χ0v) is 6.73. The van der Waals surface area contributed by atoms with Gasteiger partial charge >= 0.3 is 0 Å². The first-order chi connectivity index (χ1) is 5.29. The second kappa shape index (κ2) is 3.60. The molecule has 0 aliphatic carbocycles. The summed E-state index contributed by atoms with van der Waals surface area (Å²) in [6, 6.07) is 6.16. The molecular weight excluding hydrogens is 162 g/mol. The molecular formula is C8H9ClNO. The van der Waals surface area contributed by atoms with Gasteiger partial charge in [-0.3, -0.25) is 0 Å². The van der Waals surface area contributed by atoms with Gasteiger partial charge in [0, 0.05) is 17.7 Å². The number of hydrogen-bond donors (Lipinski definition) is 2. The van der Waals surface area contributed by atoms with Gasteiger partial charge in [-0.25, -0.2) is 0 Å². The van der Waals surface area contributed by atoms with E-state index in [1.807, 2.05) is 0 Å². The van der Waals surface area contributed by atoms with Crippen LogP contribution in [0, 0.1) is 6.07 Å². The van der Waals surface area contributed by atoms with Crippen LogP contribution in [0.1, 0.15) is 11.1 Å². The third-order valence-electron chi connectivity index (χ3n) is 1.49. The summed E-state index contributed by atoms with van der Waals surface area (Å²) in [5.74, 6) is 0.483. The molecule has 0 aromatic heterocycles. The summed E-state index contributed by atoms with van der Waals surface area (Å²) in [7, 11) is 0. The number of phenolic OH excluding ortho intramolecular Hbond substituents is 1. The van der Waals surface area contributed by atoms with Gasteiger partial charge in [0.15, 0.2) is 0 Å². The first-order valence-corrected chi connectivity index (χ1v) is 3.80. The van der Waals surface area contributed by atoms with E-state index in [0.717, 1.165) is 0 Å². The predicted molar refractivity (Wildman–Crippen MR) is 44.4 cm³/mol. The van der Waals surface area contributed by atoms with Crippen LogP contribution in [0.2, 0.25) is 0 Å². The Hall–Kier alpha value is -0.730. The molecule has 0 aliphatic heterocycles. The quantitative estimate of drug-likeness (QED) is 0.659. The van der Waals surface area contributed by atoms with Gasteiger partial charge in [0.1, 0.15) is 5.75 Å². The van der Waals surface area contributed by atoms with Gasteiger partial charge in [-0.2, -0.15) is 0 Å². The largest absolute Gasteiger partial charge is 0.507 e. The molecule has 0 atom stereocenters. The number of alkyl halides is 1. The summed E-state index contributed by atoms with van der Waals surface area (Å²) in [6.07, 6.45) is 0. The van der Waals surface area contributed by atoms with Crippen molar-refractivity contribution in [2.75, 3.05) is 0 Å². The molecule has 0 aliphatic rings. The van der Waals surface area contributed by atoms with Gasteiger partial charge in [-0.1, -0.05) is 0 Å². The second-order valence-corrected chi connectivity index (χ2v) is 2.46. The van der Waals surface area contributed by atoms with Gasteiger partial charge in [-0.15, -0.1) is 11.6 Å². The SMILES string of the molecule is NCc1c[c]cc(CCl)c1O. The monoisotopic (exact) mass is 170 g/mol. The van der Waals surface area contributed by atoms with Crippen LogP contribution in [0.5, 0.6) is 5.75 Å². The van der Waals surface area contributed by atoms with Crippen LogP contribution < -0.4 is 5.73 Å². The maximum Gasteiger partial charge on any atom is 0.124 e. The maximum atomic E-state index is 9.40. The van der Waals surface area contributed by atoms with E-state index >= 15 is 0 Å². The minimum atomic E-state index is 0.196. The lowest BCUT2D eigenvalue weighted by Gasteiger charge is -2.04. The smallest absolute Gasteiger partial charge is 0.124 e. The van der Waals surface area contributed by atoms with Crippen molar-refractivity contribution in [2.45, 2.75) is 12.4 Å². The van der Waals surface area contributed by atoms with E-state index in [1.54, 1.807) is 12.1 Å². The molecule has 3 N–H and O–H groups in total. The van der Waals surface area contributed by atoms with Crippen LogP contribution in [-0.2, 0) is 12.4 Å². The summed E-state index contributed by atoms with van der Waals surface area (Å²) in [6.45, 7) is 0.313. The van der Waals surface area contributed by atoms with Crippen molar-refractivity contribution in [3.8, 4) is 5.75 Å². The zero-order valence-electron chi connectivity index (χ0n) is 5.97. The Morgan fingerprint density at radius 2 is 2.09 bits per heavy atom. The molecule has 1 radical (unpaired) electrons. The topological polar surface area (TPSA) is 46.2 Å². The fourth-order valence-corrected chi connectivity index (χ4v) is 1.05. The highest BCUT2D eigenvalue weighted by atomic mass is 35.5. The minimum absolute atomic E-state index is 0.196. The Kier molecular flexibility index (Phi) is 2.74. The highest BCUT2D eigenvalue weighted by Gasteiger charge is 2.03. The zero-order chi connectivity index (χ0) is 8.27. The highest BCUT2D eigenvalue weighted by Crippen LogP contribution is 2.22. The summed E-state index contributed by atoms with van der Waals surface area (Å²) >= 11 is 5.54. The first kappa shape index (κ1) is 8.37. The fraction of sp³-hybridized carbons (Fsp3) is 0.250. The highest BCUT2D eigenvalue weighted by molar-refractivity contribution is 6.17. The molecule has 0 saturated carbocycles. The molecule has 0 saturated heterocycles. The summed E-state index contributed by atoms with van der Waals surface area (Å²) < 4.78 is 0. The molecule has 3 heteroatoms. The number of aromatic hydroxyl groups is 1. The predicted octanol–water partition coefficient (Wildman–Crippen LogP) is 1.39. The maximum absolute atomic E-state index is 9.40. The van der Waals surface area contributed by atoms with Crippen LogP contribution >= 0.6 is 11.6 Å². The molecule has 1 rings (SSSR count). The van der Waals surface area contributed by atoms with Crippen molar-refractivity contribution < 1.29 is 5.11 Å². The molecule has 0 fully saturated rings. The average molecular weight is 171 g/mol. The van der Waals surface area contributed by atoms with Crippen molar-refractivity contribution in [1.29, 1.82) is 0 Å². The van der Waals surface area contributed by atoms with E-state index in [2.05, 4.69) is 6.07 Å². The Labute approximate surface area is 70.6 Å². The number of nitrogens with two attached hydrogens (primary N) is 1. The van der Waals surface area contributed by atoms with Gasteiger partial charge < -0.3 is 10.8 Å². The number of phenols is 1. The number of halogens is 1. The summed E-state index contributed by atoms with van der Waals surface area (Å²) in [5, 5.41) is 9.40. The molecule has 0 spiro atoms. The second-order valence-electron chi connectivity index (χ2n) is 2.19. The lowest BCUT2D eigenvalue weighted by Crippen LogP contribution is -1.97. The Morgan fingerprint density at radius 1 is 1.45 bits per heavy atom. The molecule has 0 amide bonds. The van der Waals surface area contributed by atoms with Crippen LogP contribution in [0.25, 0.3) is 0 Å². The van der Waals surface area contributed by atoms with Crippen LogP contribution in [0.3, 0.4) is 0 Å². The van der Waals surface area contributed by atoms with E-state index in [0.29, 0.717) is 17.7 Å². The third kappa shape index (κ3) is 1.64. The third-order valence-corrected chi connectivity index (χ3v) is 1.78. The van der Waals surface area contributed by atoms with Crippen molar-refractivity contribution in [2.24, 2.45) is 5.73 Å². The van der Waals surface area contributed by atoms with Gasteiger partial charge in [0.2, 0.25) is 0 Å². The summed E-state index contributed by atoms with van der Waals surface area (Å²) in [4.78, 5) is 0. The molecule has 59 valence electrons. The number of benzene rings is 1.